The molecular formula is C16H20N2O2S. The summed E-state index contributed by atoms with van der Waals surface area (Å²) >= 11 is 0. The summed E-state index contributed by atoms with van der Waals surface area (Å²) in [5.41, 5.74) is 5.92. The first-order chi connectivity index (χ1) is 9.98. The molecule has 2 atom stereocenters. The van der Waals surface area contributed by atoms with Gasteiger partial charge in [-0.2, -0.15) is 4.31 Å². The van der Waals surface area contributed by atoms with Gasteiger partial charge in [-0.1, -0.05) is 30.3 Å². The Labute approximate surface area is 125 Å². The minimum atomic E-state index is -3.45. The number of piperidine rings is 1. The number of sulfonamides is 1. The topological polar surface area (TPSA) is 63.4 Å². The molecule has 3 rings (SSSR count). The molecule has 5 heteroatoms. The summed E-state index contributed by atoms with van der Waals surface area (Å²) in [6.45, 7) is 2.43. The van der Waals surface area contributed by atoms with Crippen molar-refractivity contribution < 1.29 is 8.42 Å². The first-order valence-corrected chi connectivity index (χ1v) is 8.69. The van der Waals surface area contributed by atoms with E-state index in [0.717, 1.165) is 17.2 Å². The highest BCUT2D eigenvalue weighted by atomic mass is 32.2. The summed E-state index contributed by atoms with van der Waals surface area (Å²) in [6.07, 6.45) is 1.43. The number of hydrogen-bond donors (Lipinski definition) is 1. The van der Waals surface area contributed by atoms with Gasteiger partial charge in [0.15, 0.2) is 0 Å². The third kappa shape index (κ3) is 2.69. The van der Waals surface area contributed by atoms with Gasteiger partial charge in [0.1, 0.15) is 0 Å². The van der Waals surface area contributed by atoms with Gasteiger partial charge in [0, 0.05) is 18.6 Å². The van der Waals surface area contributed by atoms with Crippen LogP contribution in [-0.2, 0) is 10.0 Å². The van der Waals surface area contributed by atoms with E-state index in [2.05, 4.69) is 0 Å². The van der Waals surface area contributed by atoms with Crippen LogP contribution in [0.15, 0.2) is 47.4 Å². The van der Waals surface area contributed by atoms with Crippen LogP contribution in [0.25, 0.3) is 10.8 Å². The summed E-state index contributed by atoms with van der Waals surface area (Å²) in [6, 6.07) is 13.1. The zero-order valence-electron chi connectivity index (χ0n) is 12.1. The molecular weight excluding hydrogens is 284 g/mol. The molecule has 0 bridgehead atoms. The SMILES string of the molecule is CC1CC(N)CCN1S(=O)(=O)c1ccc2ccccc2c1. The highest BCUT2D eigenvalue weighted by Gasteiger charge is 2.33. The van der Waals surface area contributed by atoms with E-state index < -0.39 is 10.0 Å². The van der Waals surface area contributed by atoms with E-state index in [1.807, 2.05) is 37.3 Å². The maximum absolute atomic E-state index is 12.8. The Kier molecular flexibility index (Phi) is 3.73. The van der Waals surface area contributed by atoms with Crippen LogP contribution in [-0.4, -0.2) is 31.4 Å². The Balaban J connectivity index is 2.00. The molecule has 0 spiro atoms. The van der Waals surface area contributed by atoms with E-state index >= 15 is 0 Å². The second kappa shape index (κ2) is 5.40. The molecule has 0 aliphatic carbocycles. The van der Waals surface area contributed by atoms with Gasteiger partial charge in [-0.25, -0.2) is 8.42 Å². The largest absolute Gasteiger partial charge is 0.328 e. The van der Waals surface area contributed by atoms with Crippen LogP contribution in [0.1, 0.15) is 19.8 Å². The first-order valence-electron chi connectivity index (χ1n) is 7.25. The van der Waals surface area contributed by atoms with Crippen molar-refractivity contribution in [3.05, 3.63) is 42.5 Å². The monoisotopic (exact) mass is 304 g/mol. The van der Waals surface area contributed by atoms with E-state index in [9.17, 15) is 8.42 Å². The standard InChI is InChI=1S/C16H20N2O2S/c1-12-10-15(17)8-9-18(12)21(19,20)16-7-6-13-4-2-3-5-14(13)11-16/h2-7,11-12,15H,8-10,17H2,1H3. The second-order valence-corrected chi connectivity index (χ2v) is 7.65. The van der Waals surface area contributed by atoms with Crippen molar-refractivity contribution in [3.63, 3.8) is 0 Å². The molecule has 1 aliphatic rings. The fourth-order valence-corrected chi connectivity index (χ4v) is 4.70. The number of nitrogens with zero attached hydrogens (tertiary/aromatic N) is 1. The lowest BCUT2D eigenvalue weighted by Gasteiger charge is -2.35. The van der Waals surface area contributed by atoms with Gasteiger partial charge in [0.25, 0.3) is 0 Å². The van der Waals surface area contributed by atoms with Gasteiger partial charge in [0.05, 0.1) is 4.90 Å². The van der Waals surface area contributed by atoms with E-state index in [1.165, 1.54) is 0 Å². The van der Waals surface area contributed by atoms with Crippen molar-refractivity contribution in [3.8, 4) is 0 Å². The lowest BCUT2D eigenvalue weighted by Crippen LogP contribution is -2.48. The Bertz CT molecular complexity index is 758. The molecule has 0 amide bonds. The van der Waals surface area contributed by atoms with Crippen molar-refractivity contribution >= 4 is 20.8 Å². The molecule has 2 unspecified atom stereocenters. The Morgan fingerprint density at radius 3 is 2.57 bits per heavy atom. The number of hydrogen-bond acceptors (Lipinski definition) is 3. The van der Waals surface area contributed by atoms with Gasteiger partial charge in [-0.05, 0) is 42.7 Å². The van der Waals surface area contributed by atoms with Crippen LogP contribution in [0.4, 0.5) is 0 Å². The predicted molar refractivity (Wildman–Crippen MR) is 84.5 cm³/mol. The molecule has 0 saturated carbocycles. The third-order valence-electron chi connectivity index (χ3n) is 4.18. The van der Waals surface area contributed by atoms with Crippen molar-refractivity contribution in [2.24, 2.45) is 5.73 Å². The number of rotatable bonds is 2. The molecule has 2 N–H and O–H groups in total. The number of benzene rings is 2. The summed E-state index contributed by atoms with van der Waals surface area (Å²) in [4.78, 5) is 0.364. The molecule has 1 heterocycles. The van der Waals surface area contributed by atoms with E-state index in [4.69, 9.17) is 5.73 Å². The van der Waals surface area contributed by atoms with Gasteiger partial charge in [0.2, 0.25) is 10.0 Å². The van der Waals surface area contributed by atoms with E-state index in [-0.39, 0.29) is 12.1 Å². The van der Waals surface area contributed by atoms with Gasteiger partial charge in [-0.3, -0.25) is 0 Å². The predicted octanol–water partition coefficient (Wildman–Crippen LogP) is 2.34. The highest BCUT2D eigenvalue weighted by molar-refractivity contribution is 7.89. The van der Waals surface area contributed by atoms with Gasteiger partial charge in [-0.15, -0.1) is 0 Å². The molecule has 4 nitrogen and oxygen atoms in total. The van der Waals surface area contributed by atoms with Crippen LogP contribution in [0.3, 0.4) is 0 Å². The van der Waals surface area contributed by atoms with Crippen LogP contribution < -0.4 is 5.73 Å². The first kappa shape index (κ1) is 14.5. The molecule has 2 aromatic rings. The highest BCUT2D eigenvalue weighted by Crippen LogP contribution is 2.26. The molecule has 0 aromatic heterocycles. The fourth-order valence-electron chi connectivity index (χ4n) is 3.01. The third-order valence-corrected chi connectivity index (χ3v) is 6.19. The lowest BCUT2D eigenvalue weighted by molar-refractivity contribution is 0.247. The van der Waals surface area contributed by atoms with Gasteiger partial charge < -0.3 is 5.73 Å². The maximum Gasteiger partial charge on any atom is 0.243 e. The molecule has 1 aliphatic heterocycles. The molecule has 0 radical (unpaired) electrons. The van der Waals surface area contributed by atoms with Crippen LogP contribution >= 0.6 is 0 Å². The maximum atomic E-state index is 12.8. The number of nitrogens with two attached hydrogens (primary N) is 1. The Morgan fingerprint density at radius 2 is 1.86 bits per heavy atom. The number of fused-ring (bicyclic) bond motifs is 1. The molecule has 112 valence electrons. The quantitative estimate of drug-likeness (QED) is 0.926. The summed E-state index contributed by atoms with van der Waals surface area (Å²) in [7, 11) is -3.45. The van der Waals surface area contributed by atoms with Crippen molar-refractivity contribution in [2.45, 2.75) is 36.7 Å². The summed E-state index contributed by atoms with van der Waals surface area (Å²) < 4.78 is 27.3. The second-order valence-electron chi connectivity index (χ2n) is 5.76. The van der Waals surface area contributed by atoms with E-state index in [1.54, 1.807) is 16.4 Å². The molecule has 21 heavy (non-hydrogen) atoms. The van der Waals surface area contributed by atoms with Crippen LogP contribution in [0, 0.1) is 0 Å². The minimum Gasteiger partial charge on any atom is -0.328 e. The zero-order chi connectivity index (χ0) is 15.0. The molecule has 1 fully saturated rings. The van der Waals surface area contributed by atoms with Crippen LogP contribution in [0.2, 0.25) is 0 Å². The lowest BCUT2D eigenvalue weighted by atomic mass is 10.0. The Hall–Kier alpha value is -1.43. The van der Waals surface area contributed by atoms with E-state index in [0.29, 0.717) is 17.9 Å². The zero-order valence-corrected chi connectivity index (χ0v) is 12.9. The smallest absolute Gasteiger partial charge is 0.243 e. The van der Waals surface area contributed by atoms with Gasteiger partial charge >= 0.3 is 0 Å². The molecule has 1 saturated heterocycles. The van der Waals surface area contributed by atoms with Crippen molar-refractivity contribution in [1.82, 2.24) is 4.31 Å². The summed E-state index contributed by atoms with van der Waals surface area (Å²) in [5.74, 6) is 0. The normalized spacial score (nSPS) is 24.3. The average Bonchev–Trinajstić information content (AvgIpc) is 2.46. The fraction of sp³-hybridized carbons (Fsp3) is 0.375. The average molecular weight is 304 g/mol. The van der Waals surface area contributed by atoms with Crippen molar-refractivity contribution in [2.75, 3.05) is 6.54 Å². The van der Waals surface area contributed by atoms with Crippen molar-refractivity contribution in [1.29, 1.82) is 0 Å². The summed E-state index contributed by atoms with van der Waals surface area (Å²) in [5, 5.41) is 1.99. The minimum absolute atomic E-state index is 0.0507. The van der Waals surface area contributed by atoms with Crippen LogP contribution in [0.5, 0.6) is 0 Å². The molecule has 2 aromatic carbocycles. The Morgan fingerprint density at radius 1 is 1.14 bits per heavy atom.